The van der Waals surface area contributed by atoms with Gasteiger partial charge in [0.15, 0.2) is 0 Å². The number of benzene rings is 1. The van der Waals surface area contributed by atoms with Crippen molar-refractivity contribution in [2.45, 2.75) is 66.2 Å². The number of hydrogen-bond acceptors (Lipinski definition) is 6. The van der Waals surface area contributed by atoms with Crippen LogP contribution >= 0.6 is 0 Å². The molecular weight excluding hydrogens is 444 g/mol. The van der Waals surface area contributed by atoms with Crippen LogP contribution in [0.5, 0.6) is 0 Å². The molecule has 0 atom stereocenters. The van der Waals surface area contributed by atoms with Crippen molar-refractivity contribution in [3.8, 4) is 0 Å². The second-order valence-electron chi connectivity index (χ2n) is 9.88. The van der Waals surface area contributed by atoms with Gasteiger partial charge in [0.25, 0.3) is 0 Å². The number of hydrogen-bond donors (Lipinski definition) is 3. The molecule has 0 spiro atoms. The zero-order valence-corrected chi connectivity index (χ0v) is 20.9. The van der Waals surface area contributed by atoms with Crippen molar-refractivity contribution in [1.82, 2.24) is 20.1 Å². The number of amides is 2. The van der Waals surface area contributed by atoms with Crippen molar-refractivity contribution < 1.29 is 14.3 Å². The van der Waals surface area contributed by atoms with Crippen LogP contribution < -0.4 is 10.6 Å². The van der Waals surface area contributed by atoms with E-state index in [1.165, 1.54) is 0 Å². The Balaban J connectivity index is 1.35. The Morgan fingerprint density at radius 3 is 2.63 bits per heavy atom. The lowest BCUT2D eigenvalue weighted by atomic mass is 10.0. The number of aromatic nitrogens is 3. The molecule has 35 heavy (non-hydrogen) atoms. The molecule has 1 aliphatic rings. The molecule has 0 aliphatic carbocycles. The molecule has 1 aliphatic heterocycles. The molecule has 9 heteroatoms. The van der Waals surface area contributed by atoms with Crippen LogP contribution in [0.1, 0.15) is 55.6 Å². The Labute approximate surface area is 205 Å². The lowest BCUT2D eigenvalue weighted by Gasteiger charge is -2.20. The molecule has 4 rings (SSSR count). The molecule has 0 saturated heterocycles. The molecule has 3 heterocycles. The maximum Gasteiger partial charge on any atom is 0.412 e. The smallest absolute Gasteiger partial charge is 0.412 e. The Morgan fingerprint density at radius 1 is 1.11 bits per heavy atom. The highest BCUT2D eigenvalue weighted by Crippen LogP contribution is 2.25. The number of fused-ring (bicyclic) bond motifs is 1. The Hall–Kier alpha value is -3.88. The number of carbonyl (C=O) groups is 2. The van der Waals surface area contributed by atoms with Crippen LogP contribution in [0.25, 0.3) is 0 Å². The molecule has 184 valence electrons. The molecule has 3 N–H and O–H groups in total. The predicted molar refractivity (Wildman–Crippen MR) is 134 cm³/mol. The van der Waals surface area contributed by atoms with Crippen LogP contribution in [-0.4, -0.2) is 37.7 Å². The third-order valence-corrected chi connectivity index (χ3v) is 5.79. The van der Waals surface area contributed by atoms with Crippen LogP contribution in [0.15, 0.2) is 36.5 Å². The molecule has 2 aromatic heterocycles. The van der Waals surface area contributed by atoms with Crippen LogP contribution in [0.4, 0.5) is 22.1 Å². The monoisotopic (exact) mass is 476 g/mol. The average Bonchev–Trinajstić information content (AvgIpc) is 3.39. The minimum Gasteiger partial charge on any atom is -0.444 e. The van der Waals surface area contributed by atoms with Crippen molar-refractivity contribution in [2.24, 2.45) is 0 Å². The average molecular weight is 477 g/mol. The van der Waals surface area contributed by atoms with Crippen molar-refractivity contribution in [1.29, 1.82) is 0 Å². The van der Waals surface area contributed by atoms with Gasteiger partial charge in [0, 0.05) is 38.0 Å². The summed E-state index contributed by atoms with van der Waals surface area (Å²) in [5.41, 5.74) is 5.54. The number of nitrogens with zero attached hydrogens (tertiary/aromatic N) is 3. The zero-order valence-electron chi connectivity index (χ0n) is 20.9. The summed E-state index contributed by atoms with van der Waals surface area (Å²) in [5, 5.41) is 13.5. The highest BCUT2D eigenvalue weighted by atomic mass is 16.6. The first-order valence-electron chi connectivity index (χ1n) is 11.7. The van der Waals surface area contributed by atoms with Crippen LogP contribution in [0.3, 0.4) is 0 Å². The fourth-order valence-electron chi connectivity index (χ4n) is 3.97. The number of aryl methyl sites for hydroxylation is 3. The fraction of sp³-hybridized carbons (Fsp3) is 0.385. The molecule has 3 aromatic rings. The van der Waals surface area contributed by atoms with Gasteiger partial charge in [-0.25, -0.2) is 9.78 Å². The van der Waals surface area contributed by atoms with Gasteiger partial charge in [0.1, 0.15) is 17.2 Å². The van der Waals surface area contributed by atoms with E-state index < -0.39 is 11.7 Å². The highest BCUT2D eigenvalue weighted by molar-refractivity contribution is 5.85. The number of carbonyl (C=O) groups excluding carboxylic acids is 2. The third kappa shape index (κ3) is 6.38. The molecule has 9 nitrogen and oxygen atoms in total. The Kier molecular flexibility index (Phi) is 6.77. The van der Waals surface area contributed by atoms with Gasteiger partial charge in [-0.2, -0.15) is 5.10 Å². The molecule has 1 aromatic carbocycles. The van der Waals surface area contributed by atoms with Crippen molar-refractivity contribution >= 4 is 29.3 Å². The van der Waals surface area contributed by atoms with E-state index in [4.69, 9.17) is 4.74 Å². The maximum atomic E-state index is 12.1. The van der Waals surface area contributed by atoms with E-state index in [2.05, 4.69) is 32.7 Å². The lowest BCUT2D eigenvalue weighted by molar-refractivity contribution is -0.129. The van der Waals surface area contributed by atoms with Gasteiger partial charge in [-0.3, -0.25) is 15.2 Å². The minimum absolute atomic E-state index is 0.0651. The second kappa shape index (κ2) is 9.77. The Bertz CT molecular complexity index is 1240. The summed E-state index contributed by atoms with van der Waals surface area (Å²) >= 11 is 0. The Morgan fingerprint density at radius 2 is 1.89 bits per heavy atom. The van der Waals surface area contributed by atoms with Gasteiger partial charge in [0.05, 0.1) is 5.69 Å². The van der Waals surface area contributed by atoms with E-state index in [1.54, 1.807) is 11.8 Å². The van der Waals surface area contributed by atoms with Gasteiger partial charge in [-0.05, 0) is 81.0 Å². The number of H-pyrrole nitrogens is 1. The molecule has 2 amide bonds. The van der Waals surface area contributed by atoms with E-state index in [-0.39, 0.29) is 5.91 Å². The summed E-state index contributed by atoms with van der Waals surface area (Å²) in [6.07, 6.45) is 2.86. The van der Waals surface area contributed by atoms with Gasteiger partial charge in [0.2, 0.25) is 5.91 Å². The highest BCUT2D eigenvalue weighted by Gasteiger charge is 2.21. The first-order chi connectivity index (χ1) is 16.6. The molecule has 0 fully saturated rings. The maximum absolute atomic E-state index is 12.1. The van der Waals surface area contributed by atoms with Gasteiger partial charge < -0.3 is 15.0 Å². The van der Waals surface area contributed by atoms with E-state index in [9.17, 15) is 9.59 Å². The van der Waals surface area contributed by atoms with Crippen LogP contribution in [0.2, 0.25) is 0 Å². The summed E-state index contributed by atoms with van der Waals surface area (Å²) < 4.78 is 5.34. The quantitative estimate of drug-likeness (QED) is 0.469. The standard InChI is InChI=1S/C26H32N6O3/c1-16-6-8-21(28-25(34)35-26(3,4)5)10-18(16)7-9-22-12-24(31-30-22)29-23-11-19-14-32(17(2)33)15-20(19)13-27-23/h6,8,10-13H,7,9,14-15H2,1-5H3,(H,28,34)(H2,27,29,30,31). The van der Waals surface area contributed by atoms with Crippen molar-refractivity contribution in [2.75, 3.05) is 10.6 Å². The number of ether oxygens (including phenoxy) is 1. The summed E-state index contributed by atoms with van der Waals surface area (Å²) in [4.78, 5) is 30.0. The van der Waals surface area contributed by atoms with Crippen molar-refractivity contribution in [3.63, 3.8) is 0 Å². The third-order valence-electron chi connectivity index (χ3n) is 5.79. The summed E-state index contributed by atoms with van der Waals surface area (Å²) in [5.74, 6) is 1.53. The molecular formula is C26H32N6O3. The zero-order chi connectivity index (χ0) is 25.2. The molecule has 0 radical (unpaired) electrons. The number of aromatic amines is 1. The largest absolute Gasteiger partial charge is 0.444 e. The van der Waals surface area contributed by atoms with Gasteiger partial charge in [-0.1, -0.05) is 6.07 Å². The van der Waals surface area contributed by atoms with E-state index in [0.717, 1.165) is 46.6 Å². The summed E-state index contributed by atoms with van der Waals surface area (Å²) in [6.45, 7) is 10.4. The minimum atomic E-state index is -0.548. The topological polar surface area (TPSA) is 112 Å². The molecule has 0 saturated carbocycles. The van der Waals surface area contributed by atoms with Crippen LogP contribution in [0, 0.1) is 6.92 Å². The lowest BCUT2D eigenvalue weighted by Crippen LogP contribution is -2.27. The van der Waals surface area contributed by atoms with Crippen LogP contribution in [-0.2, 0) is 35.5 Å². The number of anilines is 3. The van der Waals surface area contributed by atoms with E-state index >= 15 is 0 Å². The predicted octanol–water partition coefficient (Wildman–Crippen LogP) is 4.85. The SMILES string of the molecule is CC(=O)N1Cc2cnc(Nc3cc(CCc4cc(NC(=O)OC(C)(C)C)ccc4C)n[nH]3)cc2C1. The molecule has 0 bridgehead atoms. The number of rotatable bonds is 6. The normalized spacial score (nSPS) is 12.9. The number of pyridine rings is 1. The van der Waals surface area contributed by atoms with E-state index in [1.807, 2.05) is 57.3 Å². The molecule has 0 unspecified atom stereocenters. The first kappa shape index (κ1) is 24.3. The fourth-order valence-corrected chi connectivity index (χ4v) is 3.97. The summed E-state index contributed by atoms with van der Waals surface area (Å²) in [6, 6.07) is 9.79. The van der Waals surface area contributed by atoms with Crippen molar-refractivity contribution in [3.05, 3.63) is 64.5 Å². The second-order valence-corrected chi connectivity index (χ2v) is 9.88. The van der Waals surface area contributed by atoms with E-state index in [0.29, 0.717) is 24.6 Å². The first-order valence-corrected chi connectivity index (χ1v) is 11.7. The van der Waals surface area contributed by atoms with Gasteiger partial charge in [-0.15, -0.1) is 0 Å². The van der Waals surface area contributed by atoms with Gasteiger partial charge >= 0.3 is 6.09 Å². The number of nitrogens with one attached hydrogen (secondary N) is 3. The summed E-state index contributed by atoms with van der Waals surface area (Å²) in [7, 11) is 0.